The Bertz CT molecular complexity index is 1670. The molecule has 0 bridgehead atoms. The molecule has 10 nitrogen and oxygen atoms in total. The minimum absolute atomic E-state index is 0.0166. The summed E-state index contributed by atoms with van der Waals surface area (Å²) in [5.41, 5.74) is 3.34. The largest absolute Gasteiger partial charge is 0.358 e. The lowest BCUT2D eigenvalue weighted by Crippen LogP contribution is -2.49. The smallest absolute Gasteiger partial charge is 0.245 e. The zero-order chi connectivity index (χ0) is 29.9. The molecule has 42 heavy (non-hydrogen) atoms. The molecule has 220 valence electrons. The molecule has 0 saturated carbocycles. The maximum atomic E-state index is 13.8. The molecule has 2 amide bonds. The van der Waals surface area contributed by atoms with Gasteiger partial charge in [-0.1, -0.05) is 30.3 Å². The second kappa shape index (κ2) is 12.3. The van der Waals surface area contributed by atoms with Crippen molar-refractivity contribution in [2.75, 3.05) is 31.5 Å². The van der Waals surface area contributed by atoms with Crippen molar-refractivity contribution in [1.82, 2.24) is 20.1 Å². The number of likely N-dealkylation sites (tertiary alicyclic amines) is 2. The number of carbonyl (C=O) groups is 2. The number of nitrogens with one attached hydrogen (secondary N) is 3. The minimum atomic E-state index is -4.25. The highest BCUT2D eigenvalue weighted by Crippen LogP contribution is 2.30. The molecule has 3 aromatic rings. The summed E-state index contributed by atoms with van der Waals surface area (Å²) in [6, 6.07) is 14.4. The van der Waals surface area contributed by atoms with Crippen LogP contribution in [0.4, 0.5) is 5.69 Å². The lowest BCUT2D eigenvalue weighted by atomic mass is 10.1. The number of aromatic amines is 1. The third kappa shape index (κ3) is 5.85. The summed E-state index contributed by atoms with van der Waals surface area (Å²) in [6.45, 7) is 5.78. The van der Waals surface area contributed by atoms with Crippen LogP contribution in [0.3, 0.4) is 0 Å². The Kier molecular flexibility index (Phi) is 8.54. The van der Waals surface area contributed by atoms with Crippen molar-refractivity contribution in [3.05, 3.63) is 70.5 Å². The quantitative estimate of drug-likeness (QED) is 0.339. The third-order valence-corrected chi connectivity index (χ3v) is 9.86. The summed E-state index contributed by atoms with van der Waals surface area (Å²) in [6.07, 6.45) is 3.76. The molecule has 2 aromatic carbocycles. The lowest BCUT2D eigenvalue weighted by molar-refractivity contribution is -0.140. The Morgan fingerprint density at radius 1 is 1.02 bits per heavy atom. The van der Waals surface area contributed by atoms with E-state index in [9.17, 15) is 23.3 Å². The zero-order valence-electron chi connectivity index (χ0n) is 23.9. The average molecular weight is 589 g/mol. The van der Waals surface area contributed by atoms with Gasteiger partial charge in [-0.25, -0.2) is 8.42 Å². The lowest BCUT2D eigenvalue weighted by Gasteiger charge is -2.28. The first-order chi connectivity index (χ1) is 20.2. The Balaban J connectivity index is 1.53. The van der Waals surface area contributed by atoms with Gasteiger partial charge in [0.25, 0.3) is 0 Å². The minimum Gasteiger partial charge on any atom is -0.358 e. The van der Waals surface area contributed by atoms with Crippen molar-refractivity contribution < 1.29 is 18.0 Å². The fourth-order valence-electron chi connectivity index (χ4n) is 5.65. The van der Waals surface area contributed by atoms with Crippen LogP contribution < -0.4 is 10.6 Å². The first kappa shape index (κ1) is 29.2. The third-order valence-electron chi connectivity index (χ3n) is 8.14. The van der Waals surface area contributed by atoms with Crippen LogP contribution in [-0.4, -0.2) is 67.2 Å². The number of para-hydroxylation sites is 1. The van der Waals surface area contributed by atoms with E-state index in [0.29, 0.717) is 38.2 Å². The van der Waals surface area contributed by atoms with Gasteiger partial charge in [0.15, 0.2) is 4.91 Å². The number of benzene rings is 2. The van der Waals surface area contributed by atoms with E-state index in [1.54, 1.807) is 34.1 Å². The van der Waals surface area contributed by atoms with E-state index in [1.165, 1.54) is 12.1 Å². The predicted octanol–water partition coefficient (Wildman–Crippen LogP) is 3.96. The number of H-pyrrole nitrogens is 1. The number of hydrogen-bond donors (Lipinski definition) is 3. The van der Waals surface area contributed by atoms with Gasteiger partial charge >= 0.3 is 0 Å². The fraction of sp³-hybridized carbons (Fsp3) is 0.387. The number of rotatable bonds is 8. The number of nitriles is 1. The van der Waals surface area contributed by atoms with Gasteiger partial charge in [0, 0.05) is 30.7 Å². The van der Waals surface area contributed by atoms with E-state index in [0.717, 1.165) is 41.4 Å². The van der Waals surface area contributed by atoms with E-state index < -0.39 is 20.8 Å². The molecule has 2 aliphatic heterocycles. The maximum Gasteiger partial charge on any atom is 0.245 e. The number of fused-ring (bicyclic) bond motifs is 1. The monoisotopic (exact) mass is 588 g/mol. The highest BCUT2D eigenvalue weighted by atomic mass is 32.2. The van der Waals surface area contributed by atoms with E-state index in [1.807, 2.05) is 32.0 Å². The van der Waals surface area contributed by atoms with Gasteiger partial charge in [-0.05, 0) is 69.7 Å². The number of allylic oxidation sites excluding steroid dienone is 1. The summed E-state index contributed by atoms with van der Waals surface area (Å²) < 4.78 is 27.5. The Hall–Kier alpha value is -4.30. The van der Waals surface area contributed by atoms with E-state index in [-0.39, 0.29) is 29.1 Å². The van der Waals surface area contributed by atoms with Gasteiger partial charge in [0.1, 0.15) is 17.9 Å². The molecule has 0 spiro atoms. The van der Waals surface area contributed by atoms with E-state index >= 15 is 0 Å². The average Bonchev–Trinajstić information content (AvgIpc) is 3.59. The van der Waals surface area contributed by atoms with Crippen LogP contribution in [0.25, 0.3) is 10.9 Å². The summed E-state index contributed by atoms with van der Waals surface area (Å²) in [7, 11) is -4.25. The Labute approximate surface area is 246 Å². The zero-order valence-corrected chi connectivity index (χ0v) is 24.8. The van der Waals surface area contributed by atoms with Crippen molar-refractivity contribution in [2.45, 2.75) is 56.9 Å². The van der Waals surface area contributed by atoms with Crippen LogP contribution in [0.1, 0.15) is 43.4 Å². The number of sulfone groups is 1. The number of aryl methyl sites for hydroxylation is 2. The molecule has 0 radical (unpaired) electrons. The number of aromatic nitrogens is 1. The first-order valence-electron chi connectivity index (χ1n) is 14.3. The molecule has 5 rings (SSSR count). The number of nitrogens with zero attached hydrogens (tertiary/aromatic N) is 3. The highest BCUT2D eigenvalue weighted by Gasteiger charge is 2.33. The maximum absolute atomic E-state index is 13.8. The number of amides is 2. The van der Waals surface area contributed by atoms with Crippen LogP contribution in [0, 0.1) is 25.2 Å². The van der Waals surface area contributed by atoms with Crippen LogP contribution in [0.5, 0.6) is 0 Å². The SMILES string of the molecule is Cc1[nH]c2c(N/C(N[C@H]3CCCCN(CC(=O)N4CCCC4)C3=O)=C(\C#N)S(=O)(=O)c3ccccc3)cccc2c1C. The molecule has 0 aliphatic carbocycles. The summed E-state index contributed by atoms with van der Waals surface area (Å²) in [4.78, 5) is 32.8. The molecule has 11 heteroatoms. The van der Waals surface area contributed by atoms with E-state index in [4.69, 9.17) is 0 Å². The molecular weight excluding hydrogens is 552 g/mol. The number of anilines is 1. The van der Waals surface area contributed by atoms with Gasteiger partial charge in [-0.2, -0.15) is 5.26 Å². The van der Waals surface area contributed by atoms with Crippen LogP contribution in [-0.2, 0) is 19.4 Å². The van der Waals surface area contributed by atoms with E-state index in [2.05, 4.69) is 15.6 Å². The highest BCUT2D eigenvalue weighted by molar-refractivity contribution is 7.95. The molecule has 0 unspecified atom stereocenters. The number of carbonyl (C=O) groups excluding carboxylic acids is 2. The second-order valence-corrected chi connectivity index (χ2v) is 12.8. The van der Waals surface area contributed by atoms with Crippen molar-refractivity contribution in [3.63, 3.8) is 0 Å². The van der Waals surface area contributed by atoms with Crippen LogP contribution >= 0.6 is 0 Å². The summed E-state index contributed by atoms with van der Waals surface area (Å²) in [5, 5.41) is 17.5. The van der Waals surface area contributed by atoms with Crippen molar-refractivity contribution in [1.29, 1.82) is 5.26 Å². The molecular formula is C31H36N6O4S. The normalized spacial score (nSPS) is 18.4. The standard InChI is InChI=1S/C31H36N6O4S/c1-21-22(2)33-29-24(21)13-10-15-25(29)34-30(27(19-32)42(40,41)23-11-4-3-5-12-23)35-26-14-6-7-18-37(31(26)39)20-28(38)36-16-8-9-17-36/h3-5,10-13,15,26,33-35H,6-9,14,16-18,20H2,1-2H3/b30-27-/t26-/m0/s1. The van der Waals surface area contributed by atoms with Crippen LogP contribution in [0.2, 0.25) is 0 Å². The molecule has 2 fully saturated rings. The molecule has 2 aliphatic rings. The van der Waals surface area contributed by atoms with Gasteiger partial charge < -0.3 is 25.4 Å². The first-order valence-corrected chi connectivity index (χ1v) is 15.8. The topological polar surface area (TPSA) is 138 Å². The predicted molar refractivity (Wildman–Crippen MR) is 161 cm³/mol. The fourth-order valence-corrected chi connectivity index (χ4v) is 6.90. The van der Waals surface area contributed by atoms with Gasteiger partial charge in [-0.3, -0.25) is 9.59 Å². The summed E-state index contributed by atoms with van der Waals surface area (Å²) in [5.74, 6) is -0.452. The Morgan fingerprint density at radius 2 is 1.74 bits per heavy atom. The van der Waals surface area contributed by atoms with Crippen molar-refractivity contribution in [3.8, 4) is 6.07 Å². The summed E-state index contributed by atoms with van der Waals surface area (Å²) >= 11 is 0. The van der Waals surface area contributed by atoms with Crippen molar-refractivity contribution in [2.24, 2.45) is 0 Å². The van der Waals surface area contributed by atoms with Crippen LogP contribution in [0.15, 0.2) is 64.2 Å². The molecule has 2 saturated heterocycles. The second-order valence-electron chi connectivity index (χ2n) is 10.9. The molecule has 3 heterocycles. The van der Waals surface area contributed by atoms with Crippen molar-refractivity contribution >= 4 is 38.2 Å². The van der Waals surface area contributed by atoms with Gasteiger partial charge in [0.2, 0.25) is 21.7 Å². The molecule has 1 aromatic heterocycles. The van der Waals surface area contributed by atoms with Gasteiger partial charge in [0.05, 0.1) is 22.6 Å². The number of hydrogen-bond acceptors (Lipinski definition) is 7. The molecule has 1 atom stereocenters. The Morgan fingerprint density at radius 3 is 2.45 bits per heavy atom. The van der Waals surface area contributed by atoms with Gasteiger partial charge in [-0.15, -0.1) is 0 Å². The molecule has 3 N–H and O–H groups in total.